The third-order valence-electron chi connectivity index (χ3n) is 3.01. The van der Waals surface area contributed by atoms with Crippen LogP contribution >= 0.6 is 15.9 Å². The molecule has 0 radical (unpaired) electrons. The Labute approximate surface area is 128 Å². The van der Waals surface area contributed by atoms with Gasteiger partial charge in [-0.3, -0.25) is 4.98 Å². The number of nitrogens with one attached hydrogen (secondary N) is 1. The molecule has 2 aromatic rings. The molecule has 3 nitrogen and oxygen atoms in total. The van der Waals surface area contributed by atoms with E-state index in [2.05, 4.69) is 58.3 Å². The Morgan fingerprint density at radius 1 is 1.25 bits per heavy atom. The predicted octanol–water partition coefficient (Wildman–Crippen LogP) is 3.84. The van der Waals surface area contributed by atoms with Crippen LogP contribution in [0.25, 0.3) is 0 Å². The SMILES string of the molecule is CCNCc1cccc(C)c1OCc1ccc(Br)cn1. The summed E-state index contributed by atoms with van der Waals surface area (Å²) >= 11 is 3.38. The lowest BCUT2D eigenvalue weighted by Crippen LogP contribution is -2.13. The third kappa shape index (κ3) is 4.05. The average molecular weight is 335 g/mol. The number of hydrogen-bond acceptors (Lipinski definition) is 3. The van der Waals surface area contributed by atoms with Gasteiger partial charge in [0.25, 0.3) is 0 Å². The van der Waals surface area contributed by atoms with Crippen LogP contribution in [-0.4, -0.2) is 11.5 Å². The number of ether oxygens (including phenoxy) is 1. The smallest absolute Gasteiger partial charge is 0.130 e. The first-order valence-electron chi connectivity index (χ1n) is 6.73. The fourth-order valence-corrected chi connectivity index (χ4v) is 2.19. The lowest BCUT2D eigenvalue weighted by Gasteiger charge is -2.14. The topological polar surface area (TPSA) is 34.1 Å². The van der Waals surface area contributed by atoms with Gasteiger partial charge < -0.3 is 10.1 Å². The van der Waals surface area contributed by atoms with Gasteiger partial charge in [-0.25, -0.2) is 0 Å². The van der Waals surface area contributed by atoms with Crippen molar-refractivity contribution in [3.63, 3.8) is 0 Å². The van der Waals surface area contributed by atoms with E-state index in [0.717, 1.165) is 34.6 Å². The van der Waals surface area contributed by atoms with Crippen molar-refractivity contribution in [2.75, 3.05) is 6.54 Å². The van der Waals surface area contributed by atoms with E-state index in [1.54, 1.807) is 6.20 Å². The molecule has 0 atom stereocenters. The second kappa shape index (κ2) is 7.41. The van der Waals surface area contributed by atoms with Gasteiger partial charge in [0.1, 0.15) is 12.4 Å². The van der Waals surface area contributed by atoms with Crippen molar-refractivity contribution >= 4 is 15.9 Å². The highest BCUT2D eigenvalue weighted by atomic mass is 79.9. The van der Waals surface area contributed by atoms with Crippen LogP contribution < -0.4 is 10.1 Å². The van der Waals surface area contributed by atoms with E-state index in [4.69, 9.17) is 4.74 Å². The summed E-state index contributed by atoms with van der Waals surface area (Å²) in [6.07, 6.45) is 1.79. The maximum atomic E-state index is 5.97. The predicted molar refractivity (Wildman–Crippen MR) is 84.8 cm³/mol. The van der Waals surface area contributed by atoms with E-state index in [-0.39, 0.29) is 0 Å². The quantitative estimate of drug-likeness (QED) is 0.871. The highest BCUT2D eigenvalue weighted by Gasteiger charge is 2.07. The van der Waals surface area contributed by atoms with Crippen molar-refractivity contribution in [2.24, 2.45) is 0 Å². The van der Waals surface area contributed by atoms with Gasteiger partial charge in [-0.05, 0) is 47.1 Å². The summed E-state index contributed by atoms with van der Waals surface area (Å²) in [5.41, 5.74) is 3.26. The molecule has 0 fully saturated rings. The van der Waals surface area contributed by atoms with Crippen LogP contribution in [0.3, 0.4) is 0 Å². The van der Waals surface area contributed by atoms with Gasteiger partial charge in [-0.1, -0.05) is 25.1 Å². The van der Waals surface area contributed by atoms with E-state index in [1.165, 1.54) is 5.56 Å². The number of halogens is 1. The molecule has 0 aliphatic heterocycles. The minimum absolute atomic E-state index is 0.483. The molecule has 2 rings (SSSR count). The molecule has 0 saturated heterocycles. The van der Waals surface area contributed by atoms with Crippen molar-refractivity contribution < 1.29 is 4.74 Å². The number of aryl methyl sites for hydroxylation is 1. The summed E-state index contributed by atoms with van der Waals surface area (Å²) in [6, 6.07) is 10.2. The van der Waals surface area contributed by atoms with E-state index in [1.807, 2.05) is 12.1 Å². The molecule has 0 amide bonds. The van der Waals surface area contributed by atoms with Gasteiger partial charge in [0.2, 0.25) is 0 Å². The number of aromatic nitrogens is 1. The average Bonchev–Trinajstić information content (AvgIpc) is 2.46. The van der Waals surface area contributed by atoms with Crippen molar-refractivity contribution in [2.45, 2.75) is 27.0 Å². The first-order chi connectivity index (χ1) is 9.70. The Morgan fingerprint density at radius 3 is 2.80 bits per heavy atom. The molecular formula is C16H19BrN2O. The zero-order valence-corrected chi connectivity index (χ0v) is 13.4. The summed E-state index contributed by atoms with van der Waals surface area (Å²) in [5.74, 6) is 0.957. The standard InChI is InChI=1S/C16H19BrN2O/c1-3-18-9-13-6-4-5-12(2)16(13)20-11-15-8-7-14(17)10-19-15/h4-8,10,18H,3,9,11H2,1-2H3. The monoisotopic (exact) mass is 334 g/mol. The van der Waals surface area contributed by atoms with Crippen LogP contribution in [0.1, 0.15) is 23.7 Å². The van der Waals surface area contributed by atoms with Gasteiger partial charge in [-0.15, -0.1) is 0 Å². The van der Waals surface area contributed by atoms with E-state index >= 15 is 0 Å². The minimum Gasteiger partial charge on any atom is -0.487 e. The van der Waals surface area contributed by atoms with Gasteiger partial charge in [-0.2, -0.15) is 0 Å². The van der Waals surface area contributed by atoms with Crippen molar-refractivity contribution in [3.05, 3.63) is 57.8 Å². The zero-order chi connectivity index (χ0) is 14.4. The Hall–Kier alpha value is -1.39. The Bertz CT molecular complexity index is 555. The zero-order valence-electron chi connectivity index (χ0n) is 11.8. The van der Waals surface area contributed by atoms with Gasteiger partial charge >= 0.3 is 0 Å². The summed E-state index contributed by atoms with van der Waals surface area (Å²) < 4.78 is 6.95. The molecule has 106 valence electrons. The fraction of sp³-hybridized carbons (Fsp3) is 0.312. The molecule has 0 saturated carbocycles. The first kappa shape index (κ1) is 15.0. The summed E-state index contributed by atoms with van der Waals surface area (Å²) in [6.45, 7) is 6.42. The van der Waals surface area contributed by atoms with Crippen LogP contribution in [0.4, 0.5) is 0 Å². The second-order valence-corrected chi connectivity index (χ2v) is 5.52. The molecule has 20 heavy (non-hydrogen) atoms. The van der Waals surface area contributed by atoms with E-state index in [9.17, 15) is 0 Å². The van der Waals surface area contributed by atoms with Gasteiger partial charge in [0.05, 0.1) is 5.69 Å². The maximum absolute atomic E-state index is 5.97. The number of nitrogens with zero attached hydrogens (tertiary/aromatic N) is 1. The third-order valence-corrected chi connectivity index (χ3v) is 3.48. The van der Waals surface area contributed by atoms with Crippen molar-refractivity contribution in [3.8, 4) is 5.75 Å². The number of pyridine rings is 1. The first-order valence-corrected chi connectivity index (χ1v) is 7.52. The maximum Gasteiger partial charge on any atom is 0.130 e. The largest absolute Gasteiger partial charge is 0.487 e. The molecule has 1 aromatic carbocycles. The van der Waals surface area contributed by atoms with E-state index < -0.39 is 0 Å². The molecule has 4 heteroatoms. The molecule has 1 N–H and O–H groups in total. The van der Waals surface area contributed by atoms with Crippen molar-refractivity contribution in [1.29, 1.82) is 0 Å². The van der Waals surface area contributed by atoms with Crippen LogP contribution in [0.15, 0.2) is 41.0 Å². The summed E-state index contributed by atoms with van der Waals surface area (Å²) in [4.78, 5) is 4.33. The lowest BCUT2D eigenvalue weighted by atomic mass is 10.1. The lowest BCUT2D eigenvalue weighted by molar-refractivity contribution is 0.295. The van der Waals surface area contributed by atoms with Crippen LogP contribution in [-0.2, 0) is 13.2 Å². The van der Waals surface area contributed by atoms with Crippen LogP contribution in [0.5, 0.6) is 5.75 Å². The molecule has 1 heterocycles. The Balaban J connectivity index is 2.09. The van der Waals surface area contributed by atoms with Crippen LogP contribution in [0, 0.1) is 6.92 Å². The molecular weight excluding hydrogens is 316 g/mol. The Morgan fingerprint density at radius 2 is 2.10 bits per heavy atom. The fourth-order valence-electron chi connectivity index (χ4n) is 1.96. The summed E-state index contributed by atoms with van der Waals surface area (Å²) in [5, 5.41) is 3.34. The highest BCUT2D eigenvalue weighted by molar-refractivity contribution is 9.10. The normalized spacial score (nSPS) is 10.6. The number of hydrogen-bond donors (Lipinski definition) is 1. The minimum atomic E-state index is 0.483. The highest BCUT2D eigenvalue weighted by Crippen LogP contribution is 2.24. The number of para-hydroxylation sites is 1. The number of rotatable bonds is 6. The number of benzene rings is 1. The van der Waals surface area contributed by atoms with Gasteiger partial charge in [0.15, 0.2) is 0 Å². The molecule has 0 unspecified atom stereocenters. The summed E-state index contributed by atoms with van der Waals surface area (Å²) in [7, 11) is 0. The van der Waals surface area contributed by atoms with E-state index in [0.29, 0.717) is 6.61 Å². The molecule has 0 aliphatic rings. The molecule has 0 aliphatic carbocycles. The molecule has 1 aromatic heterocycles. The van der Waals surface area contributed by atoms with Gasteiger partial charge in [0, 0.05) is 22.8 Å². The van der Waals surface area contributed by atoms with Crippen LogP contribution in [0.2, 0.25) is 0 Å². The molecule has 0 bridgehead atoms. The molecule has 0 spiro atoms. The van der Waals surface area contributed by atoms with Crippen molar-refractivity contribution in [1.82, 2.24) is 10.3 Å². The second-order valence-electron chi connectivity index (χ2n) is 4.60. The Kier molecular flexibility index (Phi) is 5.56.